The topological polar surface area (TPSA) is 90.5 Å². The average molecular weight is 402 g/mol. The highest BCUT2D eigenvalue weighted by Crippen LogP contribution is 2.30. The van der Waals surface area contributed by atoms with Crippen molar-refractivity contribution in [2.45, 2.75) is 18.8 Å². The van der Waals surface area contributed by atoms with Crippen LogP contribution in [0.1, 0.15) is 23.5 Å². The van der Waals surface area contributed by atoms with E-state index >= 15 is 0 Å². The molecule has 1 aliphatic heterocycles. The Morgan fingerprint density at radius 3 is 2.71 bits per heavy atom. The van der Waals surface area contributed by atoms with Crippen LogP contribution in [0.5, 0.6) is 0 Å². The first-order valence-electron chi connectivity index (χ1n) is 9.35. The first-order chi connectivity index (χ1) is 13.5. The van der Waals surface area contributed by atoms with Crippen LogP contribution in [0.2, 0.25) is 5.02 Å². The molecule has 2 aromatic rings. The molecule has 0 radical (unpaired) electrons. The van der Waals surface area contributed by atoms with E-state index < -0.39 is 11.9 Å². The lowest BCUT2D eigenvalue weighted by Gasteiger charge is -2.29. The molecular weight excluding hydrogens is 378 g/mol. The van der Waals surface area contributed by atoms with E-state index in [-0.39, 0.29) is 11.9 Å². The van der Waals surface area contributed by atoms with Gasteiger partial charge in [-0.15, -0.1) is 0 Å². The second-order valence-corrected chi connectivity index (χ2v) is 7.36. The predicted molar refractivity (Wildman–Crippen MR) is 110 cm³/mol. The van der Waals surface area contributed by atoms with Crippen molar-refractivity contribution in [1.29, 1.82) is 0 Å². The Morgan fingerprint density at radius 2 is 1.96 bits per heavy atom. The molecule has 0 spiro atoms. The number of hydrogen-bond acceptors (Lipinski definition) is 3. The van der Waals surface area contributed by atoms with Gasteiger partial charge in [0.25, 0.3) is 0 Å². The number of rotatable bonds is 6. The summed E-state index contributed by atoms with van der Waals surface area (Å²) in [6.45, 7) is 1.83. The Balaban J connectivity index is 1.55. The minimum Gasteiger partial charge on any atom is -0.481 e. The molecule has 28 heavy (non-hydrogen) atoms. The number of amides is 2. The summed E-state index contributed by atoms with van der Waals surface area (Å²) in [5.74, 6) is -1.30. The second-order valence-electron chi connectivity index (χ2n) is 6.93. The van der Waals surface area contributed by atoms with Crippen LogP contribution in [0.25, 0.3) is 0 Å². The van der Waals surface area contributed by atoms with E-state index in [1.165, 1.54) is 0 Å². The Morgan fingerprint density at radius 1 is 1.18 bits per heavy atom. The van der Waals surface area contributed by atoms with Gasteiger partial charge in [0, 0.05) is 29.7 Å². The number of carboxylic acids is 1. The molecule has 2 aromatic carbocycles. The number of carbonyl (C=O) groups is 2. The maximum Gasteiger partial charge on any atom is 0.319 e. The molecule has 6 nitrogen and oxygen atoms in total. The van der Waals surface area contributed by atoms with Gasteiger partial charge in [0.2, 0.25) is 0 Å². The lowest BCUT2D eigenvalue weighted by Crippen LogP contribution is -2.38. The molecule has 2 amide bonds. The van der Waals surface area contributed by atoms with Crippen molar-refractivity contribution in [3.63, 3.8) is 0 Å². The van der Waals surface area contributed by atoms with E-state index in [4.69, 9.17) is 11.6 Å². The predicted octanol–water partition coefficient (Wildman–Crippen LogP) is 3.48. The molecule has 1 saturated heterocycles. The Bertz CT molecular complexity index is 826. The molecule has 1 fully saturated rings. The number of urea groups is 1. The zero-order chi connectivity index (χ0) is 19.9. The van der Waals surface area contributed by atoms with Crippen molar-refractivity contribution in [2.24, 2.45) is 5.92 Å². The van der Waals surface area contributed by atoms with Crippen LogP contribution < -0.4 is 16.0 Å². The summed E-state index contributed by atoms with van der Waals surface area (Å²) < 4.78 is 0. The summed E-state index contributed by atoms with van der Waals surface area (Å²) in [5.41, 5.74) is 2.66. The summed E-state index contributed by atoms with van der Waals surface area (Å²) in [7, 11) is 0. The second kappa shape index (κ2) is 9.57. The molecule has 0 aromatic heterocycles. The van der Waals surface area contributed by atoms with Crippen molar-refractivity contribution in [1.82, 2.24) is 10.6 Å². The molecule has 0 saturated carbocycles. The van der Waals surface area contributed by atoms with Gasteiger partial charge in [0.1, 0.15) is 0 Å². The molecule has 0 bridgehead atoms. The van der Waals surface area contributed by atoms with Crippen molar-refractivity contribution < 1.29 is 14.7 Å². The fourth-order valence-corrected chi connectivity index (χ4v) is 3.62. The van der Waals surface area contributed by atoms with Crippen LogP contribution in [-0.4, -0.2) is 36.7 Å². The number of halogens is 1. The Kier molecular flexibility index (Phi) is 6.90. The van der Waals surface area contributed by atoms with Gasteiger partial charge in [-0.2, -0.15) is 0 Å². The highest BCUT2D eigenvalue weighted by molar-refractivity contribution is 6.30. The van der Waals surface area contributed by atoms with Crippen molar-refractivity contribution in [3.05, 3.63) is 64.7 Å². The number of anilines is 1. The van der Waals surface area contributed by atoms with Gasteiger partial charge in [0.15, 0.2) is 0 Å². The smallest absolute Gasteiger partial charge is 0.319 e. The van der Waals surface area contributed by atoms with Crippen LogP contribution in [0.3, 0.4) is 0 Å². The highest BCUT2D eigenvalue weighted by atomic mass is 35.5. The number of hydrogen-bond donors (Lipinski definition) is 4. The summed E-state index contributed by atoms with van der Waals surface area (Å²) in [6, 6.07) is 14.6. The molecular formula is C21H24ClN3O3. The van der Waals surface area contributed by atoms with Crippen molar-refractivity contribution >= 4 is 29.3 Å². The van der Waals surface area contributed by atoms with E-state index in [2.05, 4.69) is 16.0 Å². The van der Waals surface area contributed by atoms with E-state index in [0.29, 0.717) is 43.2 Å². The normalized spacial score (nSPS) is 19.0. The highest BCUT2D eigenvalue weighted by Gasteiger charge is 2.31. The summed E-state index contributed by atoms with van der Waals surface area (Å²) in [6.07, 6.45) is 1.31. The number of nitrogens with one attached hydrogen (secondary N) is 3. The SMILES string of the molecule is O=C(NCCc1ccc(Cl)cc1)Nc1cccc([C@@H]2CNCC[C@H]2C(=O)O)c1. The lowest BCUT2D eigenvalue weighted by molar-refractivity contribution is -0.143. The average Bonchev–Trinajstić information content (AvgIpc) is 2.69. The van der Waals surface area contributed by atoms with E-state index in [1.54, 1.807) is 6.07 Å². The standard InChI is InChI=1S/C21H24ClN3O3/c22-16-6-4-14(5-7-16)8-11-24-21(28)25-17-3-1-2-15(12-17)19-13-23-10-9-18(19)20(26)27/h1-7,12,18-19,23H,8-11,13H2,(H,26,27)(H2,24,25,28)/t18-,19+/m1/s1. The van der Waals surface area contributed by atoms with E-state index in [0.717, 1.165) is 11.1 Å². The summed E-state index contributed by atoms with van der Waals surface area (Å²) >= 11 is 5.87. The molecule has 3 rings (SSSR count). The van der Waals surface area contributed by atoms with Gasteiger partial charge < -0.3 is 21.1 Å². The van der Waals surface area contributed by atoms with E-state index in [9.17, 15) is 14.7 Å². The summed E-state index contributed by atoms with van der Waals surface area (Å²) in [5, 5.41) is 19.1. The third kappa shape index (κ3) is 5.47. The van der Waals surface area contributed by atoms with Gasteiger partial charge in [0.05, 0.1) is 5.92 Å². The van der Waals surface area contributed by atoms with Gasteiger partial charge in [-0.1, -0.05) is 35.9 Å². The first-order valence-corrected chi connectivity index (χ1v) is 9.73. The molecule has 7 heteroatoms. The fourth-order valence-electron chi connectivity index (χ4n) is 3.50. The molecule has 2 atom stereocenters. The minimum absolute atomic E-state index is 0.110. The number of carboxylic acid groups (broad SMARTS) is 1. The maximum absolute atomic E-state index is 12.2. The third-order valence-corrected chi connectivity index (χ3v) is 5.24. The van der Waals surface area contributed by atoms with Crippen LogP contribution in [0.15, 0.2) is 48.5 Å². The Hall–Kier alpha value is -2.57. The number of benzene rings is 2. The van der Waals surface area contributed by atoms with Gasteiger partial charge in [-0.25, -0.2) is 4.79 Å². The molecule has 0 aliphatic carbocycles. The first kappa shape index (κ1) is 20.2. The van der Waals surface area contributed by atoms with Gasteiger partial charge in [-0.05, 0) is 54.8 Å². The van der Waals surface area contributed by atoms with Crippen LogP contribution in [0, 0.1) is 5.92 Å². The fraction of sp³-hybridized carbons (Fsp3) is 0.333. The molecule has 1 aliphatic rings. The van der Waals surface area contributed by atoms with Crippen molar-refractivity contribution in [3.8, 4) is 0 Å². The lowest BCUT2D eigenvalue weighted by atomic mass is 9.81. The Labute approximate surface area is 169 Å². The van der Waals surface area contributed by atoms with Crippen LogP contribution >= 0.6 is 11.6 Å². The third-order valence-electron chi connectivity index (χ3n) is 4.98. The van der Waals surface area contributed by atoms with Crippen molar-refractivity contribution in [2.75, 3.05) is 25.0 Å². The minimum atomic E-state index is -0.773. The van der Waals surface area contributed by atoms with E-state index in [1.807, 2.05) is 42.5 Å². The van der Waals surface area contributed by atoms with Gasteiger partial charge >= 0.3 is 12.0 Å². The number of piperidine rings is 1. The van der Waals surface area contributed by atoms with Crippen LogP contribution in [0.4, 0.5) is 10.5 Å². The van der Waals surface area contributed by atoms with Gasteiger partial charge in [-0.3, -0.25) is 4.79 Å². The molecule has 4 N–H and O–H groups in total. The molecule has 148 valence electrons. The summed E-state index contributed by atoms with van der Waals surface area (Å²) in [4.78, 5) is 23.7. The van der Waals surface area contributed by atoms with Crippen LogP contribution in [-0.2, 0) is 11.2 Å². The maximum atomic E-state index is 12.2. The molecule has 1 heterocycles. The largest absolute Gasteiger partial charge is 0.481 e. The molecule has 0 unspecified atom stereocenters. The quantitative estimate of drug-likeness (QED) is 0.596. The number of carbonyl (C=O) groups excluding carboxylic acids is 1. The number of aliphatic carboxylic acids is 1. The monoisotopic (exact) mass is 401 g/mol. The zero-order valence-corrected chi connectivity index (χ0v) is 16.2. The zero-order valence-electron chi connectivity index (χ0n) is 15.5.